The summed E-state index contributed by atoms with van der Waals surface area (Å²) in [7, 11) is -4.06. The zero-order valence-corrected chi connectivity index (χ0v) is 19.4. The van der Waals surface area contributed by atoms with E-state index in [1.54, 1.807) is 0 Å². The van der Waals surface area contributed by atoms with Crippen molar-refractivity contribution in [3.8, 4) is 5.75 Å². The summed E-state index contributed by atoms with van der Waals surface area (Å²) in [4.78, 5) is 24.6. The number of hydrogen-bond donors (Lipinski definition) is 2. The van der Waals surface area contributed by atoms with E-state index in [2.05, 4.69) is 16.7 Å². The van der Waals surface area contributed by atoms with Crippen molar-refractivity contribution in [2.75, 3.05) is 18.5 Å². The first kappa shape index (κ1) is 22.2. The van der Waals surface area contributed by atoms with Gasteiger partial charge in [-0.15, -0.1) is 0 Å². The van der Waals surface area contributed by atoms with Gasteiger partial charge in [-0.3, -0.25) is 9.59 Å². The molecule has 2 aliphatic heterocycles. The first-order chi connectivity index (χ1) is 15.8. The lowest BCUT2D eigenvalue weighted by atomic mass is 9.87. The molecule has 2 atom stereocenters. The molecule has 33 heavy (non-hydrogen) atoms. The molecule has 2 heterocycles. The Kier molecular flexibility index (Phi) is 5.80. The molecular formula is C23H24ClN3O5S. The Hall–Kier alpha value is -2.62. The summed E-state index contributed by atoms with van der Waals surface area (Å²) in [6, 6.07) is 9.79. The van der Waals surface area contributed by atoms with Crippen LogP contribution in [0.25, 0.3) is 0 Å². The van der Waals surface area contributed by atoms with Crippen molar-refractivity contribution in [1.29, 1.82) is 0 Å². The number of carbonyl (C=O) groups is 2. The van der Waals surface area contributed by atoms with Crippen molar-refractivity contribution in [3.63, 3.8) is 0 Å². The second-order valence-electron chi connectivity index (χ2n) is 8.54. The van der Waals surface area contributed by atoms with Crippen LogP contribution in [0.3, 0.4) is 0 Å². The third-order valence-electron chi connectivity index (χ3n) is 6.45. The highest BCUT2D eigenvalue weighted by Crippen LogP contribution is 2.38. The molecule has 0 bridgehead atoms. The average molecular weight is 490 g/mol. The van der Waals surface area contributed by atoms with Crippen molar-refractivity contribution in [2.45, 2.75) is 49.1 Å². The fraction of sp³-hybridized carbons (Fsp3) is 0.391. The Balaban J connectivity index is 1.40. The lowest BCUT2D eigenvalue weighted by molar-refractivity contribution is -0.125. The number of halogens is 1. The van der Waals surface area contributed by atoms with Crippen LogP contribution in [0.2, 0.25) is 5.02 Å². The van der Waals surface area contributed by atoms with Crippen LogP contribution in [0.15, 0.2) is 41.3 Å². The number of hydrogen-bond acceptors (Lipinski definition) is 5. The van der Waals surface area contributed by atoms with Gasteiger partial charge in [-0.1, -0.05) is 35.9 Å². The van der Waals surface area contributed by atoms with Crippen LogP contribution in [0.4, 0.5) is 5.69 Å². The van der Waals surface area contributed by atoms with Crippen LogP contribution < -0.4 is 15.4 Å². The second kappa shape index (κ2) is 8.62. The molecule has 8 nitrogen and oxygen atoms in total. The van der Waals surface area contributed by atoms with Crippen molar-refractivity contribution in [3.05, 3.63) is 52.5 Å². The maximum Gasteiger partial charge on any atom is 0.262 e. The quantitative estimate of drug-likeness (QED) is 0.687. The number of nitrogens with one attached hydrogen (secondary N) is 2. The Bertz CT molecular complexity index is 1230. The van der Waals surface area contributed by atoms with E-state index in [4.69, 9.17) is 16.3 Å². The predicted octanol–water partition coefficient (Wildman–Crippen LogP) is 3.02. The Morgan fingerprint density at radius 1 is 1.18 bits per heavy atom. The molecule has 0 radical (unpaired) electrons. The number of aryl methyl sites for hydroxylation is 1. The summed E-state index contributed by atoms with van der Waals surface area (Å²) >= 11 is 6.30. The monoisotopic (exact) mass is 489 g/mol. The molecule has 174 valence electrons. The summed E-state index contributed by atoms with van der Waals surface area (Å²) in [6.45, 7) is 0.0262. The van der Waals surface area contributed by atoms with Gasteiger partial charge in [0.05, 0.1) is 16.8 Å². The molecule has 0 spiro atoms. The highest BCUT2D eigenvalue weighted by Gasteiger charge is 2.41. The van der Waals surface area contributed by atoms with E-state index in [9.17, 15) is 18.0 Å². The van der Waals surface area contributed by atoms with Gasteiger partial charge >= 0.3 is 0 Å². The van der Waals surface area contributed by atoms with Crippen molar-refractivity contribution >= 4 is 39.1 Å². The van der Waals surface area contributed by atoms with Gasteiger partial charge in [0, 0.05) is 12.6 Å². The highest BCUT2D eigenvalue weighted by molar-refractivity contribution is 7.89. The number of sulfonamides is 1. The first-order valence-electron chi connectivity index (χ1n) is 11.0. The highest BCUT2D eigenvalue weighted by atomic mass is 35.5. The van der Waals surface area contributed by atoms with Gasteiger partial charge in [0.1, 0.15) is 16.7 Å². The van der Waals surface area contributed by atoms with Gasteiger partial charge in [0.15, 0.2) is 6.61 Å². The summed E-state index contributed by atoms with van der Waals surface area (Å²) in [5, 5.41) is 5.66. The second-order valence-corrected chi connectivity index (χ2v) is 10.8. The number of amides is 2. The summed E-state index contributed by atoms with van der Waals surface area (Å²) in [6.07, 6.45) is 3.78. The molecule has 2 amide bonds. The fourth-order valence-electron chi connectivity index (χ4n) is 4.87. The minimum absolute atomic E-state index is 0.0354. The molecule has 0 saturated carbocycles. The molecule has 3 aliphatic rings. The number of ether oxygens (including phenoxy) is 1. The number of anilines is 1. The maximum absolute atomic E-state index is 13.5. The zero-order chi connectivity index (χ0) is 23.2. The van der Waals surface area contributed by atoms with E-state index in [-0.39, 0.29) is 46.7 Å². The molecule has 10 heteroatoms. The molecule has 2 aromatic carbocycles. The van der Waals surface area contributed by atoms with Crippen molar-refractivity contribution < 1.29 is 22.7 Å². The van der Waals surface area contributed by atoms with Crippen LogP contribution in [-0.2, 0) is 26.0 Å². The van der Waals surface area contributed by atoms with Gasteiger partial charge in [-0.25, -0.2) is 8.42 Å². The maximum atomic E-state index is 13.5. The largest absolute Gasteiger partial charge is 0.482 e. The molecule has 2 N–H and O–H groups in total. The third kappa shape index (κ3) is 4.09. The van der Waals surface area contributed by atoms with Crippen LogP contribution >= 0.6 is 11.6 Å². The first-order valence-corrected chi connectivity index (χ1v) is 12.8. The molecule has 1 saturated heterocycles. The van der Waals surface area contributed by atoms with E-state index in [0.29, 0.717) is 18.5 Å². The van der Waals surface area contributed by atoms with Gasteiger partial charge in [-0.05, 0) is 49.3 Å². The molecule has 1 aliphatic carbocycles. The van der Waals surface area contributed by atoms with Gasteiger partial charge in [-0.2, -0.15) is 4.31 Å². The fourth-order valence-corrected chi connectivity index (χ4v) is 7.04. The standard InChI is InChI=1S/C23H24ClN3O5S/c24-16-11-18-20(32-13-22(28)25-18)12-21(16)33(30,31)27-10-4-9-19(27)23(29)26-17-8-3-6-14-5-1-2-7-15(14)17/h1-2,5,7,11-12,17,19H,3-4,6,8-10,13H2,(H,25,28)(H,26,29). The predicted molar refractivity (Wildman–Crippen MR) is 123 cm³/mol. The summed E-state index contributed by atoms with van der Waals surface area (Å²) in [5.74, 6) is -0.401. The van der Waals surface area contributed by atoms with Gasteiger partial charge < -0.3 is 15.4 Å². The van der Waals surface area contributed by atoms with E-state index in [0.717, 1.165) is 24.8 Å². The molecular weight excluding hydrogens is 466 g/mol. The van der Waals surface area contributed by atoms with E-state index in [1.807, 2.05) is 18.2 Å². The minimum Gasteiger partial charge on any atom is -0.482 e. The average Bonchev–Trinajstić information content (AvgIpc) is 3.30. The summed E-state index contributed by atoms with van der Waals surface area (Å²) < 4.78 is 33.7. The number of carbonyl (C=O) groups excluding carboxylic acids is 2. The molecule has 0 aromatic heterocycles. The topological polar surface area (TPSA) is 105 Å². The zero-order valence-electron chi connectivity index (χ0n) is 17.8. The van der Waals surface area contributed by atoms with Crippen molar-refractivity contribution in [2.24, 2.45) is 0 Å². The Labute approximate surface area is 197 Å². The lowest BCUT2D eigenvalue weighted by Crippen LogP contribution is -2.47. The number of fused-ring (bicyclic) bond motifs is 2. The number of benzene rings is 2. The van der Waals surface area contributed by atoms with E-state index >= 15 is 0 Å². The molecule has 2 aromatic rings. The Morgan fingerprint density at radius 3 is 2.85 bits per heavy atom. The van der Waals surface area contributed by atoms with Crippen LogP contribution in [0.5, 0.6) is 5.75 Å². The molecule has 2 unspecified atom stereocenters. The molecule has 5 rings (SSSR count). The SMILES string of the molecule is O=C1COc2cc(S(=O)(=O)N3CCCC3C(=O)NC3CCCc4ccccc43)c(Cl)cc2N1. The van der Waals surface area contributed by atoms with E-state index < -0.39 is 16.1 Å². The Morgan fingerprint density at radius 2 is 2.00 bits per heavy atom. The van der Waals surface area contributed by atoms with Crippen LogP contribution in [0, 0.1) is 0 Å². The lowest BCUT2D eigenvalue weighted by Gasteiger charge is -2.30. The van der Waals surface area contributed by atoms with Crippen molar-refractivity contribution in [1.82, 2.24) is 9.62 Å². The minimum atomic E-state index is -4.06. The summed E-state index contributed by atoms with van der Waals surface area (Å²) in [5.41, 5.74) is 2.64. The normalized spacial score (nSPS) is 22.6. The number of nitrogens with zero attached hydrogens (tertiary/aromatic N) is 1. The van der Waals surface area contributed by atoms with E-state index in [1.165, 1.54) is 22.0 Å². The smallest absolute Gasteiger partial charge is 0.262 e. The van der Waals surface area contributed by atoms with Crippen LogP contribution in [0.1, 0.15) is 42.9 Å². The number of rotatable bonds is 4. The van der Waals surface area contributed by atoms with Gasteiger partial charge in [0.2, 0.25) is 15.9 Å². The third-order valence-corrected chi connectivity index (χ3v) is 8.82. The van der Waals surface area contributed by atoms with Crippen LogP contribution in [-0.4, -0.2) is 43.7 Å². The van der Waals surface area contributed by atoms with Gasteiger partial charge in [0.25, 0.3) is 5.91 Å². The molecule has 1 fully saturated rings.